The molecule has 0 saturated carbocycles. The minimum atomic E-state index is -1.07. The molecule has 178 valence electrons. The number of amides is 1. The van der Waals surface area contributed by atoms with Gasteiger partial charge in [0.05, 0.1) is 28.7 Å². The highest BCUT2D eigenvalue weighted by atomic mass is 32.1. The van der Waals surface area contributed by atoms with Gasteiger partial charge in [-0.3, -0.25) is 9.48 Å². The maximum Gasteiger partial charge on any atom is 0.244 e. The van der Waals surface area contributed by atoms with Gasteiger partial charge in [-0.15, -0.1) is 11.3 Å². The van der Waals surface area contributed by atoms with E-state index in [1.165, 1.54) is 16.0 Å². The molecule has 0 radical (unpaired) electrons. The molecule has 0 bridgehead atoms. The molecule has 4 aromatic rings. The number of nitrogens with two attached hydrogens (primary N) is 1. The minimum Gasteiger partial charge on any atom is -0.384 e. The summed E-state index contributed by atoms with van der Waals surface area (Å²) in [6, 6.07) is 5.43. The van der Waals surface area contributed by atoms with E-state index in [4.69, 9.17) is 10.7 Å². The topological polar surface area (TPSA) is 144 Å². The van der Waals surface area contributed by atoms with E-state index < -0.39 is 17.0 Å². The van der Waals surface area contributed by atoms with Crippen molar-refractivity contribution in [3.8, 4) is 0 Å². The molecule has 4 heterocycles. The van der Waals surface area contributed by atoms with Gasteiger partial charge in [-0.1, -0.05) is 6.07 Å². The Morgan fingerprint density at radius 2 is 1.85 bits per heavy atom. The number of carbonyl (C=O) groups is 1. The molecule has 34 heavy (non-hydrogen) atoms. The fraction of sp³-hybridized carbons (Fsp3) is 0.348. The zero-order valence-electron chi connectivity index (χ0n) is 20.0. The van der Waals surface area contributed by atoms with Crippen molar-refractivity contribution in [3.63, 3.8) is 0 Å². The van der Waals surface area contributed by atoms with Crippen molar-refractivity contribution in [3.05, 3.63) is 46.7 Å². The highest BCUT2D eigenvalue weighted by Gasteiger charge is 2.29. The number of carbonyl (C=O) groups excluding carboxylic acids is 1. The second kappa shape index (κ2) is 8.33. The van der Waals surface area contributed by atoms with Crippen LogP contribution in [0.5, 0.6) is 0 Å². The lowest BCUT2D eigenvalue weighted by Gasteiger charge is -2.20. The van der Waals surface area contributed by atoms with Gasteiger partial charge in [-0.2, -0.15) is 10.1 Å². The van der Waals surface area contributed by atoms with Crippen molar-refractivity contribution in [1.82, 2.24) is 24.7 Å². The number of hydrogen-bond acceptors (Lipinski definition) is 9. The van der Waals surface area contributed by atoms with E-state index in [0.717, 1.165) is 15.8 Å². The maximum absolute atomic E-state index is 11.8. The van der Waals surface area contributed by atoms with E-state index in [1.807, 2.05) is 31.4 Å². The van der Waals surface area contributed by atoms with Crippen LogP contribution in [0, 0.1) is 13.8 Å². The Morgan fingerprint density at radius 3 is 2.53 bits per heavy atom. The highest BCUT2D eigenvalue weighted by Crippen LogP contribution is 2.33. The molecule has 0 aliphatic heterocycles. The predicted octanol–water partition coefficient (Wildman–Crippen LogP) is 3.83. The number of fused-ring (bicyclic) bond motifs is 1. The van der Waals surface area contributed by atoms with Crippen LogP contribution in [0.3, 0.4) is 0 Å². The van der Waals surface area contributed by atoms with Gasteiger partial charge in [0.25, 0.3) is 0 Å². The van der Waals surface area contributed by atoms with Crippen molar-refractivity contribution >= 4 is 50.7 Å². The van der Waals surface area contributed by atoms with Gasteiger partial charge in [0.15, 0.2) is 0 Å². The van der Waals surface area contributed by atoms with Crippen LogP contribution in [0.1, 0.15) is 44.6 Å². The van der Waals surface area contributed by atoms with Gasteiger partial charge in [-0.05, 0) is 64.6 Å². The molecule has 0 aromatic carbocycles. The number of nitrogens with zero attached hydrogens (tertiary/aromatic N) is 5. The van der Waals surface area contributed by atoms with Gasteiger partial charge < -0.3 is 21.5 Å². The first kappa shape index (κ1) is 23.6. The molecular formula is C23H28N8O2S. The number of hydrogen-bond donors (Lipinski definition) is 4. The number of aryl methyl sites for hydroxylation is 2. The molecule has 4 aromatic heterocycles. The fourth-order valence-electron chi connectivity index (χ4n) is 3.30. The van der Waals surface area contributed by atoms with Crippen molar-refractivity contribution < 1.29 is 9.90 Å². The lowest BCUT2D eigenvalue weighted by Crippen LogP contribution is -2.41. The second-order valence-corrected chi connectivity index (χ2v) is 10.1. The van der Waals surface area contributed by atoms with Gasteiger partial charge in [-0.25, -0.2) is 9.97 Å². The summed E-state index contributed by atoms with van der Waals surface area (Å²) in [5.41, 5.74) is 6.41. The van der Waals surface area contributed by atoms with Crippen LogP contribution in [0.4, 0.5) is 23.3 Å². The summed E-state index contributed by atoms with van der Waals surface area (Å²) in [6.07, 6.45) is 1.72. The molecule has 0 unspecified atom stereocenters. The summed E-state index contributed by atoms with van der Waals surface area (Å²) in [6.45, 7) is 10.6. The third-order valence-corrected chi connectivity index (χ3v) is 6.55. The highest BCUT2D eigenvalue weighted by molar-refractivity contribution is 7.17. The van der Waals surface area contributed by atoms with E-state index in [0.29, 0.717) is 34.7 Å². The zero-order valence-corrected chi connectivity index (χ0v) is 20.8. The lowest BCUT2D eigenvalue weighted by molar-refractivity contribution is -0.125. The van der Waals surface area contributed by atoms with E-state index in [1.54, 1.807) is 40.0 Å². The number of aliphatic hydroxyl groups is 1. The SMILES string of the molecule is Cc1nn(C(C)(C)C(N)=O)cc1Nc1nc(Nc2cccc(C(C)(C)O)n2)c2c(C)csc2n1. The number of anilines is 4. The third-order valence-electron chi connectivity index (χ3n) is 5.56. The fourth-order valence-corrected chi connectivity index (χ4v) is 4.22. The van der Waals surface area contributed by atoms with Crippen LogP contribution in [0.25, 0.3) is 10.2 Å². The average molecular weight is 481 g/mol. The Bertz CT molecular complexity index is 1380. The Morgan fingerprint density at radius 1 is 1.12 bits per heavy atom. The van der Waals surface area contributed by atoms with Gasteiger partial charge in [0.1, 0.15) is 27.6 Å². The number of thiophene rings is 1. The van der Waals surface area contributed by atoms with Crippen molar-refractivity contribution in [2.75, 3.05) is 10.6 Å². The van der Waals surface area contributed by atoms with Crippen LogP contribution in [-0.2, 0) is 15.9 Å². The smallest absolute Gasteiger partial charge is 0.244 e. The summed E-state index contributed by atoms with van der Waals surface area (Å²) in [5.74, 6) is 1.04. The van der Waals surface area contributed by atoms with Crippen molar-refractivity contribution in [1.29, 1.82) is 0 Å². The number of primary amides is 1. The number of aromatic nitrogens is 5. The van der Waals surface area contributed by atoms with Crippen LogP contribution < -0.4 is 16.4 Å². The molecule has 0 aliphatic carbocycles. The second-order valence-electron chi connectivity index (χ2n) is 9.21. The van der Waals surface area contributed by atoms with Gasteiger partial charge >= 0.3 is 0 Å². The summed E-state index contributed by atoms with van der Waals surface area (Å²) in [5, 5.41) is 24.2. The predicted molar refractivity (Wildman–Crippen MR) is 134 cm³/mol. The molecule has 11 heteroatoms. The largest absolute Gasteiger partial charge is 0.384 e. The Labute approximate surface area is 201 Å². The quantitative estimate of drug-likeness (QED) is 0.312. The zero-order chi connectivity index (χ0) is 24.8. The standard InChI is InChI=1S/C23H28N8O2S/c1-12-11-34-19-17(12)18(27-16-9-7-8-15(26-16)23(5,6)33)28-21(29-19)25-14-10-31(30-13(14)2)22(3,4)20(24)32/h7-11,33H,1-6H3,(H2,24,32)(H2,25,26,27,28,29). The van der Waals surface area contributed by atoms with E-state index in [2.05, 4.69) is 25.7 Å². The van der Waals surface area contributed by atoms with Crippen LogP contribution in [-0.4, -0.2) is 35.7 Å². The number of pyridine rings is 1. The van der Waals surface area contributed by atoms with Crippen LogP contribution in [0.15, 0.2) is 29.8 Å². The number of nitrogens with one attached hydrogen (secondary N) is 2. The maximum atomic E-state index is 11.8. The normalized spacial score (nSPS) is 12.2. The first-order chi connectivity index (χ1) is 15.9. The molecule has 5 N–H and O–H groups in total. The van der Waals surface area contributed by atoms with Gasteiger partial charge in [0.2, 0.25) is 11.9 Å². The summed E-state index contributed by atoms with van der Waals surface area (Å²) in [7, 11) is 0. The molecule has 0 saturated heterocycles. The average Bonchev–Trinajstić information content (AvgIpc) is 3.31. The van der Waals surface area contributed by atoms with E-state index in [9.17, 15) is 9.90 Å². The summed E-state index contributed by atoms with van der Waals surface area (Å²) < 4.78 is 1.53. The van der Waals surface area contributed by atoms with Crippen LogP contribution >= 0.6 is 11.3 Å². The third kappa shape index (κ3) is 4.44. The van der Waals surface area contributed by atoms with Gasteiger partial charge in [0, 0.05) is 0 Å². The molecule has 0 aliphatic rings. The molecule has 0 spiro atoms. The summed E-state index contributed by atoms with van der Waals surface area (Å²) >= 11 is 1.51. The van der Waals surface area contributed by atoms with Crippen molar-refractivity contribution in [2.45, 2.75) is 52.7 Å². The molecule has 1 amide bonds. The molecule has 0 fully saturated rings. The van der Waals surface area contributed by atoms with Crippen molar-refractivity contribution in [2.24, 2.45) is 5.73 Å². The Hall–Kier alpha value is -3.57. The molecule has 4 rings (SSSR count). The molecular weight excluding hydrogens is 452 g/mol. The molecule has 10 nitrogen and oxygen atoms in total. The van der Waals surface area contributed by atoms with E-state index >= 15 is 0 Å². The lowest BCUT2D eigenvalue weighted by atomic mass is 10.1. The van der Waals surface area contributed by atoms with Crippen LogP contribution in [0.2, 0.25) is 0 Å². The molecule has 0 atom stereocenters. The number of rotatable bonds is 7. The first-order valence-electron chi connectivity index (χ1n) is 10.7. The Kier molecular flexibility index (Phi) is 5.78. The monoisotopic (exact) mass is 480 g/mol. The Balaban J connectivity index is 1.72. The summed E-state index contributed by atoms with van der Waals surface area (Å²) in [4.78, 5) is 26.6. The minimum absolute atomic E-state index is 0.370. The van der Waals surface area contributed by atoms with E-state index in [-0.39, 0.29) is 0 Å². The first-order valence-corrected chi connectivity index (χ1v) is 11.6.